The summed E-state index contributed by atoms with van der Waals surface area (Å²) in [7, 11) is 1.30. The van der Waals surface area contributed by atoms with Gasteiger partial charge in [-0.15, -0.1) is 0 Å². The minimum absolute atomic E-state index is 0.0529. The quantitative estimate of drug-likeness (QED) is 0.603. The topological polar surface area (TPSA) is 82.3 Å². The summed E-state index contributed by atoms with van der Waals surface area (Å²) in [5.74, 6) is 5.22. The molecule has 1 aromatic heterocycles. The largest absolute Gasteiger partial charge is 0.489 e. The molecule has 0 aliphatic carbocycles. The van der Waals surface area contributed by atoms with Crippen molar-refractivity contribution in [3.05, 3.63) is 6.33 Å². The number of aromatic nitrogens is 2. The Morgan fingerprint density at radius 2 is 2.12 bits per heavy atom. The van der Waals surface area contributed by atoms with Crippen molar-refractivity contribution in [2.45, 2.75) is 12.6 Å². The van der Waals surface area contributed by atoms with Crippen LogP contribution in [0.4, 0.5) is 19.0 Å². The number of methoxy groups -OCH3 is 1. The molecule has 1 heterocycles. The second-order valence-electron chi connectivity index (χ2n) is 2.92. The lowest BCUT2D eigenvalue weighted by Crippen LogP contribution is -2.15. The Kier molecular flexibility index (Phi) is 4.32. The number of alkyl halides is 3. The molecule has 0 fully saturated rings. The Hall–Kier alpha value is -1.77. The molecule has 0 spiro atoms. The van der Waals surface area contributed by atoms with Gasteiger partial charge in [-0.3, -0.25) is 0 Å². The van der Waals surface area contributed by atoms with Gasteiger partial charge in [-0.05, 0) is 0 Å². The Bertz CT molecular complexity index is 372. The van der Waals surface area contributed by atoms with Gasteiger partial charge in [0, 0.05) is 0 Å². The molecule has 3 N–H and O–H groups in total. The molecule has 0 saturated heterocycles. The fourth-order valence-corrected chi connectivity index (χ4v) is 1.01. The van der Waals surface area contributed by atoms with Gasteiger partial charge < -0.3 is 14.9 Å². The zero-order valence-electron chi connectivity index (χ0n) is 8.91. The number of anilines is 1. The monoisotopic (exact) mass is 252 g/mol. The van der Waals surface area contributed by atoms with E-state index in [0.717, 1.165) is 6.33 Å². The van der Waals surface area contributed by atoms with E-state index >= 15 is 0 Å². The average molecular weight is 252 g/mol. The molecule has 0 amide bonds. The van der Waals surface area contributed by atoms with Crippen molar-refractivity contribution in [3.63, 3.8) is 0 Å². The van der Waals surface area contributed by atoms with Gasteiger partial charge in [0.1, 0.15) is 6.33 Å². The summed E-state index contributed by atoms with van der Waals surface area (Å²) in [6, 6.07) is 0. The maximum atomic E-state index is 11.9. The van der Waals surface area contributed by atoms with Crippen molar-refractivity contribution >= 4 is 5.82 Å². The molecule has 0 bridgehead atoms. The summed E-state index contributed by atoms with van der Waals surface area (Å²) in [5, 5.41) is 0. The number of nitrogen functional groups attached to an aromatic ring is 1. The molecule has 0 saturated carbocycles. The second-order valence-corrected chi connectivity index (χ2v) is 2.92. The molecule has 96 valence electrons. The number of hydrogen-bond donors (Lipinski definition) is 2. The van der Waals surface area contributed by atoms with Crippen molar-refractivity contribution in [1.29, 1.82) is 0 Å². The predicted molar refractivity (Wildman–Crippen MR) is 52.6 cm³/mol. The highest BCUT2D eigenvalue weighted by Gasteiger charge is 2.27. The molecule has 17 heavy (non-hydrogen) atoms. The van der Waals surface area contributed by atoms with Crippen molar-refractivity contribution in [3.8, 4) is 11.6 Å². The Labute approximate surface area is 94.9 Å². The maximum absolute atomic E-state index is 11.9. The van der Waals surface area contributed by atoms with Gasteiger partial charge in [0.2, 0.25) is 5.75 Å². The second kappa shape index (κ2) is 5.53. The summed E-state index contributed by atoms with van der Waals surface area (Å²) in [6.45, 7) is -0.555. The van der Waals surface area contributed by atoms with Gasteiger partial charge in [0.25, 0.3) is 5.88 Å². The fourth-order valence-electron chi connectivity index (χ4n) is 1.01. The van der Waals surface area contributed by atoms with Gasteiger partial charge >= 0.3 is 6.18 Å². The first-order valence-electron chi connectivity index (χ1n) is 4.53. The predicted octanol–water partition coefficient (Wildman–Crippen LogP) is 1.10. The minimum atomic E-state index is -4.28. The van der Waals surface area contributed by atoms with Gasteiger partial charge in [0.15, 0.2) is 5.82 Å². The Morgan fingerprint density at radius 3 is 2.65 bits per heavy atom. The van der Waals surface area contributed by atoms with Gasteiger partial charge in [-0.25, -0.2) is 10.8 Å². The fraction of sp³-hybridized carbons (Fsp3) is 0.500. The van der Waals surface area contributed by atoms with E-state index in [-0.39, 0.29) is 17.4 Å². The van der Waals surface area contributed by atoms with Crippen molar-refractivity contribution in [1.82, 2.24) is 9.97 Å². The zero-order valence-corrected chi connectivity index (χ0v) is 8.91. The highest BCUT2D eigenvalue weighted by atomic mass is 19.4. The molecule has 9 heteroatoms. The zero-order chi connectivity index (χ0) is 12.9. The van der Waals surface area contributed by atoms with Crippen molar-refractivity contribution in [2.24, 2.45) is 5.84 Å². The Balaban J connectivity index is 2.70. The summed E-state index contributed by atoms with van der Waals surface area (Å²) < 4.78 is 45.5. The van der Waals surface area contributed by atoms with Crippen LogP contribution in [0.15, 0.2) is 6.33 Å². The molecule has 1 rings (SSSR count). The highest BCUT2D eigenvalue weighted by Crippen LogP contribution is 2.30. The number of halogens is 3. The standard InChI is InChI=1S/C8H11F3N4O2/c1-16-5-6(15-12)13-4-14-7(5)17-3-2-8(9,10)11/h4H,2-3,12H2,1H3,(H,13,14,15). The average Bonchev–Trinajstić information content (AvgIpc) is 2.27. The van der Waals surface area contributed by atoms with E-state index in [1.54, 1.807) is 0 Å². The smallest absolute Gasteiger partial charge is 0.392 e. The number of nitrogens with zero attached hydrogens (tertiary/aromatic N) is 2. The first-order valence-corrected chi connectivity index (χ1v) is 4.53. The molecular formula is C8H11F3N4O2. The first kappa shape index (κ1) is 13.3. The molecular weight excluding hydrogens is 241 g/mol. The summed E-state index contributed by atoms with van der Waals surface area (Å²) >= 11 is 0. The highest BCUT2D eigenvalue weighted by molar-refractivity contribution is 5.54. The van der Waals surface area contributed by atoms with E-state index < -0.39 is 19.2 Å². The number of ether oxygens (including phenoxy) is 2. The lowest BCUT2D eigenvalue weighted by atomic mass is 10.4. The third-order valence-electron chi connectivity index (χ3n) is 1.74. The van der Waals surface area contributed by atoms with Crippen LogP contribution in [0.1, 0.15) is 6.42 Å². The van der Waals surface area contributed by atoms with Crippen LogP contribution in [-0.2, 0) is 0 Å². The molecule has 6 nitrogen and oxygen atoms in total. The number of hydrogen-bond acceptors (Lipinski definition) is 6. The normalized spacial score (nSPS) is 11.1. The van der Waals surface area contributed by atoms with E-state index in [9.17, 15) is 13.2 Å². The Morgan fingerprint density at radius 1 is 1.41 bits per heavy atom. The minimum Gasteiger partial charge on any atom is -0.489 e. The molecule has 0 aliphatic heterocycles. The van der Waals surface area contributed by atoms with Crippen molar-refractivity contribution in [2.75, 3.05) is 19.1 Å². The number of rotatable bonds is 5. The van der Waals surface area contributed by atoms with Crippen LogP contribution in [0, 0.1) is 0 Å². The SMILES string of the molecule is COc1c(NN)ncnc1OCCC(F)(F)F. The molecule has 0 aliphatic rings. The van der Waals surface area contributed by atoms with Crippen LogP contribution in [0.5, 0.6) is 11.6 Å². The number of nitrogens with one attached hydrogen (secondary N) is 1. The summed E-state index contributed by atoms with van der Waals surface area (Å²) in [6.07, 6.45) is -4.26. The van der Waals surface area contributed by atoms with E-state index in [1.165, 1.54) is 7.11 Å². The van der Waals surface area contributed by atoms with Crippen LogP contribution < -0.4 is 20.7 Å². The van der Waals surface area contributed by atoms with Gasteiger partial charge in [-0.1, -0.05) is 0 Å². The number of hydrazine groups is 1. The van der Waals surface area contributed by atoms with E-state index in [1.807, 2.05) is 0 Å². The lowest BCUT2D eigenvalue weighted by Gasteiger charge is -2.12. The molecule has 0 aromatic carbocycles. The summed E-state index contributed by atoms with van der Waals surface area (Å²) in [5.41, 5.74) is 2.22. The first-order chi connectivity index (χ1) is 7.98. The maximum Gasteiger partial charge on any atom is 0.392 e. The summed E-state index contributed by atoms with van der Waals surface area (Å²) in [4.78, 5) is 7.37. The van der Waals surface area contributed by atoms with Crippen LogP contribution in [-0.4, -0.2) is 29.9 Å². The number of nitrogens with two attached hydrogens (primary N) is 1. The molecule has 0 radical (unpaired) electrons. The van der Waals surface area contributed by atoms with Crippen LogP contribution >= 0.6 is 0 Å². The molecule has 1 aromatic rings. The lowest BCUT2D eigenvalue weighted by molar-refractivity contribution is -0.139. The third-order valence-corrected chi connectivity index (χ3v) is 1.74. The van der Waals surface area contributed by atoms with Crippen LogP contribution in [0.3, 0.4) is 0 Å². The molecule has 0 unspecified atom stereocenters. The van der Waals surface area contributed by atoms with E-state index in [4.69, 9.17) is 15.3 Å². The molecule has 0 atom stereocenters. The van der Waals surface area contributed by atoms with Gasteiger partial charge in [0.05, 0.1) is 20.1 Å². The third kappa shape index (κ3) is 3.94. The van der Waals surface area contributed by atoms with E-state index in [0.29, 0.717) is 0 Å². The van der Waals surface area contributed by atoms with Crippen LogP contribution in [0.2, 0.25) is 0 Å². The van der Waals surface area contributed by atoms with E-state index in [2.05, 4.69) is 15.4 Å². The van der Waals surface area contributed by atoms with Crippen LogP contribution in [0.25, 0.3) is 0 Å². The van der Waals surface area contributed by atoms with Gasteiger partial charge in [-0.2, -0.15) is 18.2 Å². The van der Waals surface area contributed by atoms with Crippen molar-refractivity contribution < 1.29 is 22.6 Å².